The second kappa shape index (κ2) is 5.77. The number of hydrogen-bond acceptors (Lipinski definition) is 3. The second-order valence-corrected chi connectivity index (χ2v) is 5.07. The van der Waals surface area contributed by atoms with E-state index in [1.165, 1.54) is 0 Å². The Morgan fingerprint density at radius 3 is 2.73 bits per heavy atom. The molecule has 15 heavy (non-hydrogen) atoms. The Bertz CT molecular complexity index is 325. The lowest BCUT2D eigenvalue weighted by molar-refractivity contribution is 0.650. The average molecular weight is 248 g/mol. The number of thioether (sulfide) groups is 1. The predicted molar refractivity (Wildman–Crippen MR) is 67.6 cm³/mol. The van der Waals surface area contributed by atoms with Crippen LogP contribution in [0.3, 0.4) is 0 Å². The van der Waals surface area contributed by atoms with Gasteiger partial charge in [-0.3, -0.25) is 4.68 Å². The van der Waals surface area contributed by atoms with Crippen LogP contribution in [0.2, 0.25) is 5.15 Å². The molecule has 0 aliphatic rings. The lowest BCUT2D eigenvalue weighted by Crippen LogP contribution is -2.23. The van der Waals surface area contributed by atoms with Crippen LogP contribution in [0.15, 0.2) is 0 Å². The van der Waals surface area contributed by atoms with Gasteiger partial charge in [-0.2, -0.15) is 16.9 Å². The van der Waals surface area contributed by atoms with Crippen LogP contribution in [0.25, 0.3) is 0 Å². The summed E-state index contributed by atoms with van der Waals surface area (Å²) < 4.78 is 1.70. The lowest BCUT2D eigenvalue weighted by atomic mass is 10.1. The first-order valence-electron chi connectivity index (χ1n) is 4.98. The summed E-state index contributed by atoms with van der Waals surface area (Å²) in [6.45, 7) is 1.97. The van der Waals surface area contributed by atoms with E-state index in [1.807, 2.05) is 25.7 Å². The lowest BCUT2D eigenvalue weighted by Gasteiger charge is -2.10. The molecule has 5 heteroatoms. The molecule has 0 saturated heterocycles. The molecule has 3 nitrogen and oxygen atoms in total. The molecule has 86 valence electrons. The summed E-state index contributed by atoms with van der Waals surface area (Å²) in [5.74, 6) is 1.10. The van der Waals surface area contributed by atoms with E-state index in [9.17, 15) is 0 Å². The molecule has 0 fully saturated rings. The zero-order chi connectivity index (χ0) is 11.4. The van der Waals surface area contributed by atoms with Crippen LogP contribution in [0.4, 0.5) is 0 Å². The fourth-order valence-corrected chi connectivity index (χ4v) is 2.33. The smallest absolute Gasteiger partial charge is 0.130 e. The third kappa shape index (κ3) is 3.40. The summed E-state index contributed by atoms with van der Waals surface area (Å²) >= 11 is 7.95. The molecule has 1 heterocycles. The van der Waals surface area contributed by atoms with Crippen LogP contribution < -0.4 is 5.73 Å². The molecule has 0 spiro atoms. The number of aromatic nitrogens is 2. The van der Waals surface area contributed by atoms with Gasteiger partial charge in [0, 0.05) is 18.7 Å². The van der Waals surface area contributed by atoms with Gasteiger partial charge in [0.05, 0.1) is 5.69 Å². The fraction of sp³-hybridized carbons (Fsp3) is 0.700. The molecule has 0 amide bonds. The van der Waals surface area contributed by atoms with Gasteiger partial charge in [0.15, 0.2) is 0 Å². The normalized spacial score (nSPS) is 13.1. The minimum Gasteiger partial charge on any atom is -0.327 e. The highest BCUT2D eigenvalue weighted by Gasteiger charge is 2.14. The van der Waals surface area contributed by atoms with E-state index >= 15 is 0 Å². The SMILES string of the molecule is CSCCC(N)Cc1c(C)nn(C)c1Cl. The van der Waals surface area contributed by atoms with Gasteiger partial charge >= 0.3 is 0 Å². The highest BCUT2D eigenvalue weighted by molar-refractivity contribution is 7.98. The van der Waals surface area contributed by atoms with Crippen molar-refractivity contribution in [2.45, 2.75) is 25.8 Å². The van der Waals surface area contributed by atoms with Crippen molar-refractivity contribution in [1.82, 2.24) is 9.78 Å². The third-order valence-electron chi connectivity index (χ3n) is 2.43. The van der Waals surface area contributed by atoms with Gasteiger partial charge in [-0.25, -0.2) is 0 Å². The van der Waals surface area contributed by atoms with Crippen LogP contribution in [-0.2, 0) is 13.5 Å². The van der Waals surface area contributed by atoms with Crippen molar-refractivity contribution < 1.29 is 0 Å². The standard InChI is InChI=1S/C10H18ClN3S/c1-7-9(10(11)14(2)13-7)6-8(12)4-5-15-3/h8H,4-6,12H2,1-3H3. The van der Waals surface area contributed by atoms with Crippen LogP contribution in [-0.4, -0.2) is 27.8 Å². The van der Waals surface area contributed by atoms with E-state index in [-0.39, 0.29) is 6.04 Å². The minimum atomic E-state index is 0.179. The Balaban J connectivity index is 2.63. The molecule has 2 N–H and O–H groups in total. The van der Waals surface area contributed by atoms with Gasteiger partial charge in [-0.1, -0.05) is 11.6 Å². The number of aryl methyl sites for hydroxylation is 2. The Morgan fingerprint density at radius 2 is 2.27 bits per heavy atom. The Kier molecular flexibility index (Phi) is 4.96. The molecule has 1 rings (SSSR count). The van der Waals surface area contributed by atoms with E-state index in [4.69, 9.17) is 17.3 Å². The number of halogens is 1. The van der Waals surface area contributed by atoms with Crippen molar-refractivity contribution in [3.05, 3.63) is 16.4 Å². The number of hydrogen-bond donors (Lipinski definition) is 1. The largest absolute Gasteiger partial charge is 0.327 e. The summed E-state index contributed by atoms with van der Waals surface area (Å²) in [6, 6.07) is 0.179. The monoisotopic (exact) mass is 247 g/mol. The second-order valence-electron chi connectivity index (χ2n) is 3.72. The van der Waals surface area contributed by atoms with Crippen LogP contribution >= 0.6 is 23.4 Å². The van der Waals surface area contributed by atoms with Crippen molar-refractivity contribution in [1.29, 1.82) is 0 Å². The van der Waals surface area contributed by atoms with Crippen LogP contribution in [0.1, 0.15) is 17.7 Å². The van der Waals surface area contributed by atoms with E-state index in [1.54, 1.807) is 4.68 Å². The molecule has 1 unspecified atom stereocenters. The maximum Gasteiger partial charge on any atom is 0.130 e. The van der Waals surface area contributed by atoms with Gasteiger partial charge in [-0.15, -0.1) is 0 Å². The van der Waals surface area contributed by atoms with Gasteiger partial charge < -0.3 is 5.73 Å². The molecule has 0 saturated carbocycles. The predicted octanol–water partition coefficient (Wildman–Crippen LogP) is 2.00. The zero-order valence-corrected chi connectivity index (χ0v) is 11.0. The highest BCUT2D eigenvalue weighted by atomic mass is 35.5. The molecule has 0 radical (unpaired) electrons. The van der Waals surface area contributed by atoms with Gasteiger partial charge in [-0.05, 0) is 31.8 Å². The van der Waals surface area contributed by atoms with E-state index in [0.717, 1.165) is 29.9 Å². The summed E-state index contributed by atoms with van der Waals surface area (Å²) in [4.78, 5) is 0. The maximum absolute atomic E-state index is 6.13. The first kappa shape index (κ1) is 12.9. The fourth-order valence-electron chi connectivity index (χ4n) is 1.54. The van der Waals surface area contributed by atoms with Crippen molar-refractivity contribution in [2.75, 3.05) is 12.0 Å². The van der Waals surface area contributed by atoms with E-state index in [0.29, 0.717) is 5.15 Å². The quantitative estimate of drug-likeness (QED) is 0.866. The van der Waals surface area contributed by atoms with Crippen molar-refractivity contribution >= 4 is 23.4 Å². The number of rotatable bonds is 5. The topological polar surface area (TPSA) is 43.8 Å². The van der Waals surface area contributed by atoms with E-state index in [2.05, 4.69) is 11.4 Å². The molecular formula is C10H18ClN3S. The Labute approximate surface area is 100 Å². The molecule has 0 aliphatic carbocycles. The Hall–Kier alpha value is -0.190. The number of nitrogens with zero attached hydrogens (tertiary/aromatic N) is 2. The van der Waals surface area contributed by atoms with Crippen molar-refractivity contribution in [3.8, 4) is 0 Å². The first-order chi connectivity index (χ1) is 7.06. The van der Waals surface area contributed by atoms with Gasteiger partial charge in [0.25, 0.3) is 0 Å². The summed E-state index contributed by atoms with van der Waals surface area (Å²) in [6.07, 6.45) is 3.93. The van der Waals surface area contributed by atoms with Crippen LogP contribution in [0.5, 0.6) is 0 Å². The molecule has 1 aromatic heterocycles. The molecule has 0 aliphatic heterocycles. The molecule has 0 bridgehead atoms. The van der Waals surface area contributed by atoms with Gasteiger partial charge in [0.1, 0.15) is 5.15 Å². The summed E-state index contributed by atoms with van der Waals surface area (Å²) in [7, 11) is 1.85. The first-order valence-corrected chi connectivity index (χ1v) is 6.76. The van der Waals surface area contributed by atoms with Crippen LogP contribution in [0, 0.1) is 6.92 Å². The minimum absolute atomic E-state index is 0.179. The number of nitrogens with two attached hydrogens (primary N) is 1. The molecular weight excluding hydrogens is 230 g/mol. The molecule has 1 atom stereocenters. The van der Waals surface area contributed by atoms with Crippen molar-refractivity contribution in [3.63, 3.8) is 0 Å². The average Bonchev–Trinajstić information content (AvgIpc) is 2.42. The maximum atomic E-state index is 6.13. The third-order valence-corrected chi connectivity index (χ3v) is 3.55. The van der Waals surface area contributed by atoms with Gasteiger partial charge in [0.2, 0.25) is 0 Å². The highest BCUT2D eigenvalue weighted by Crippen LogP contribution is 2.20. The molecule has 1 aromatic rings. The summed E-state index contributed by atoms with van der Waals surface area (Å²) in [5, 5.41) is 4.98. The van der Waals surface area contributed by atoms with E-state index < -0.39 is 0 Å². The molecule has 0 aromatic carbocycles. The summed E-state index contributed by atoms with van der Waals surface area (Å²) in [5.41, 5.74) is 8.11. The zero-order valence-electron chi connectivity index (χ0n) is 9.46. The van der Waals surface area contributed by atoms with Crippen molar-refractivity contribution in [2.24, 2.45) is 12.8 Å². The Morgan fingerprint density at radius 1 is 1.60 bits per heavy atom.